The Labute approximate surface area is 88.2 Å². The predicted molar refractivity (Wildman–Crippen MR) is 59.1 cm³/mol. The largest absolute Gasteiger partial charge is 0.397 e. The van der Waals surface area contributed by atoms with Crippen LogP contribution in [0.5, 0.6) is 0 Å². The first-order valence-electron chi connectivity index (χ1n) is 4.69. The zero-order chi connectivity index (χ0) is 10.8. The summed E-state index contributed by atoms with van der Waals surface area (Å²) in [5, 5.41) is 0. The van der Waals surface area contributed by atoms with Crippen LogP contribution in [-0.4, -0.2) is 15.0 Å². The lowest BCUT2D eigenvalue weighted by Gasteiger charge is -2.06. The van der Waals surface area contributed by atoms with Crippen molar-refractivity contribution in [2.24, 2.45) is 0 Å². The third-order valence-corrected chi connectivity index (χ3v) is 2.19. The standard InChI is InChI=1S/C11H12N4/c1-7-9(6-14-8(2)15-7)11-10(12)4-3-5-13-11/h3-6H,12H2,1-2H3. The lowest BCUT2D eigenvalue weighted by molar-refractivity contribution is 1.01. The van der Waals surface area contributed by atoms with Gasteiger partial charge < -0.3 is 5.73 Å². The van der Waals surface area contributed by atoms with E-state index in [0.717, 1.165) is 22.8 Å². The van der Waals surface area contributed by atoms with Crippen LogP contribution in [0.4, 0.5) is 5.69 Å². The van der Waals surface area contributed by atoms with E-state index >= 15 is 0 Å². The number of nitrogens with zero attached hydrogens (tertiary/aromatic N) is 3. The summed E-state index contributed by atoms with van der Waals surface area (Å²) in [5.74, 6) is 0.755. The predicted octanol–water partition coefficient (Wildman–Crippen LogP) is 1.74. The number of aromatic nitrogens is 3. The minimum atomic E-state index is 0.646. The fourth-order valence-corrected chi connectivity index (χ4v) is 1.46. The average Bonchev–Trinajstić information content (AvgIpc) is 2.20. The summed E-state index contributed by atoms with van der Waals surface area (Å²) < 4.78 is 0. The molecule has 76 valence electrons. The molecule has 0 atom stereocenters. The Morgan fingerprint density at radius 1 is 1.20 bits per heavy atom. The van der Waals surface area contributed by atoms with Crippen molar-refractivity contribution in [1.29, 1.82) is 0 Å². The van der Waals surface area contributed by atoms with Crippen LogP contribution in [0.15, 0.2) is 24.5 Å². The van der Waals surface area contributed by atoms with Gasteiger partial charge in [-0.15, -0.1) is 0 Å². The lowest BCUT2D eigenvalue weighted by atomic mass is 10.1. The quantitative estimate of drug-likeness (QED) is 0.761. The highest BCUT2D eigenvalue weighted by molar-refractivity contribution is 5.72. The van der Waals surface area contributed by atoms with Crippen molar-refractivity contribution >= 4 is 5.69 Å². The van der Waals surface area contributed by atoms with Crippen LogP contribution >= 0.6 is 0 Å². The minimum absolute atomic E-state index is 0.646. The summed E-state index contributed by atoms with van der Waals surface area (Å²) in [6.45, 7) is 3.79. The zero-order valence-electron chi connectivity index (χ0n) is 8.73. The number of aryl methyl sites for hydroxylation is 2. The van der Waals surface area contributed by atoms with Gasteiger partial charge in [0.15, 0.2) is 0 Å². The molecule has 0 bridgehead atoms. The second-order valence-electron chi connectivity index (χ2n) is 3.36. The summed E-state index contributed by atoms with van der Waals surface area (Å²) in [6.07, 6.45) is 3.47. The van der Waals surface area contributed by atoms with Gasteiger partial charge in [-0.05, 0) is 26.0 Å². The van der Waals surface area contributed by atoms with Gasteiger partial charge in [0.05, 0.1) is 17.1 Å². The Kier molecular flexibility index (Phi) is 2.33. The molecule has 0 radical (unpaired) electrons. The van der Waals surface area contributed by atoms with Gasteiger partial charge in [-0.1, -0.05) is 0 Å². The molecular formula is C11H12N4. The van der Waals surface area contributed by atoms with E-state index < -0.39 is 0 Å². The van der Waals surface area contributed by atoms with Crippen molar-refractivity contribution < 1.29 is 0 Å². The van der Waals surface area contributed by atoms with Crippen LogP contribution in [0.3, 0.4) is 0 Å². The van der Waals surface area contributed by atoms with Crippen molar-refractivity contribution in [1.82, 2.24) is 15.0 Å². The van der Waals surface area contributed by atoms with Gasteiger partial charge in [-0.2, -0.15) is 0 Å². The van der Waals surface area contributed by atoms with E-state index in [1.54, 1.807) is 12.4 Å². The summed E-state index contributed by atoms with van der Waals surface area (Å²) in [5.41, 5.74) is 9.02. The van der Waals surface area contributed by atoms with Crippen LogP contribution in [0.2, 0.25) is 0 Å². The van der Waals surface area contributed by atoms with Crippen LogP contribution in [-0.2, 0) is 0 Å². The highest BCUT2D eigenvalue weighted by Crippen LogP contribution is 2.24. The summed E-state index contributed by atoms with van der Waals surface area (Å²) in [4.78, 5) is 12.7. The summed E-state index contributed by atoms with van der Waals surface area (Å²) in [6, 6.07) is 3.63. The molecule has 4 nitrogen and oxygen atoms in total. The maximum absolute atomic E-state index is 5.84. The molecule has 2 aromatic heterocycles. The first kappa shape index (κ1) is 9.58. The Morgan fingerprint density at radius 2 is 2.00 bits per heavy atom. The van der Waals surface area contributed by atoms with E-state index in [9.17, 15) is 0 Å². The van der Waals surface area contributed by atoms with Crippen LogP contribution < -0.4 is 5.73 Å². The SMILES string of the molecule is Cc1ncc(-c2ncccc2N)c(C)n1. The van der Waals surface area contributed by atoms with Crippen molar-refractivity contribution in [3.05, 3.63) is 36.0 Å². The monoisotopic (exact) mass is 200 g/mol. The Morgan fingerprint density at radius 3 is 2.67 bits per heavy atom. The Bertz CT molecular complexity index is 494. The van der Waals surface area contributed by atoms with Gasteiger partial charge in [0.25, 0.3) is 0 Å². The Balaban J connectivity index is 2.60. The number of hydrogen-bond donors (Lipinski definition) is 1. The molecule has 2 aromatic rings. The van der Waals surface area contributed by atoms with Crippen molar-refractivity contribution in [3.63, 3.8) is 0 Å². The molecular weight excluding hydrogens is 188 g/mol. The second-order valence-corrected chi connectivity index (χ2v) is 3.36. The number of pyridine rings is 1. The van der Waals surface area contributed by atoms with Gasteiger partial charge in [-0.3, -0.25) is 4.98 Å². The van der Waals surface area contributed by atoms with E-state index in [0.29, 0.717) is 5.69 Å². The van der Waals surface area contributed by atoms with Crippen LogP contribution in [0.1, 0.15) is 11.5 Å². The first-order valence-corrected chi connectivity index (χ1v) is 4.69. The lowest BCUT2D eigenvalue weighted by Crippen LogP contribution is -1.98. The highest BCUT2D eigenvalue weighted by atomic mass is 14.9. The molecule has 0 aliphatic rings. The fraction of sp³-hybridized carbons (Fsp3) is 0.182. The summed E-state index contributed by atoms with van der Waals surface area (Å²) >= 11 is 0. The number of nitrogen functional groups attached to an aromatic ring is 1. The molecule has 0 amide bonds. The zero-order valence-corrected chi connectivity index (χ0v) is 8.73. The molecule has 0 saturated heterocycles. The van der Waals surface area contributed by atoms with Crippen molar-refractivity contribution in [2.75, 3.05) is 5.73 Å². The average molecular weight is 200 g/mol. The van der Waals surface area contributed by atoms with Gasteiger partial charge in [0.1, 0.15) is 5.82 Å². The second kappa shape index (κ2) is 3.65. The topological polar surface area (TPSA) is 64.7 Å². The van der Waals surface area contributed by atoms with Crippen molar-refractivity contribution in [3.8, 4) is 11.3 Å². The van der Waals surface area contributed by atoms with Gasteiger partial charge in [0, 0.05) is 18.0 Å². The normalized spacial score (nSPS) is 10.3. The highest BCUT2D eigenvalue weighted by Gasteiger charge is 2.08. The molecule has 2 rings (SSSR count). The number of rotatable bonds is 1. The van der Waals surface area contributed by atoms with Crippen LogP contribution in [0.25, 0.3) is 11.3 Å². The molecule has 0 fully saturated rings. The molecule has 0 saturated carbocycles. The van der Waals surface area contributed by atoms with E-state index in [1.165, 1.54) is 0 Å². The number of hydrogen-bond acceptors (Lipinski definition) is 4. The molecule has 4 heteroatoms. The molecule has 0 aliphatic carbocycles. The third-order valence-electron chi connectivity index (χ3n) is 2.19. The number of anilines is 1. The fourth-order valence-electron chi connectivity index (χ4n) is 1.46. The smallest absolute Gasteiger partial charge is 0.125 e. The number of nitrogens with two attached hydrogens (primary N) is 1. The Hall–Kier alpha value is -1.97. The van der Waals surface area contributed by atoms with E-state index in [1.807, 2.05) is 26.0 Å². The molecule has 2 heterocycles. The molecule has 0 aromatic carbocycles. The minimum Gasteiger partial charge on any atom is -0.397 e. The first-order chi connectivity index (χ1) is 7.18. The molecule has 15 heavy (non-hydrogen) atoms. The molecule has 0 unspecified atom stereocenters. The molecule has 0 aliphatic heterocycles. The van der Waals surface area contributed by atoms with Gasteiger partial charge >= 0.3 is 0 Å². The van der Waals surface area contributed by atoms with E-state index in [-0.39, 0.29) is 0 Å². The van der Waals surface area contributed by atoms with Crippen molar-refractivity contribution in [2.45, 2.75) is 13.8 Å². The third kappa shape index (κ3) is 1.79. The molecule has 0 spiro atoms. The maximum Gasteiger partial charge on any atom is 0.125 e. The van der Waals surface area contributed by atoms with E-state index in [4.69, 9.17) is 5.73 Å². The van der Waals surface area contributed by atoms with Crippen LogP contribution in [0, 0.1) is 13.8 Å². The molecule has 2 N–H and O–H groups in total. The maximum atomic E-state index is 5.84. The van der Waals surface area contributed by atoms with E-state index in [2.05, 4.69) is 15.0 Å². The summed E-state index contributed by atoms with van der Waals surface area (Å²) in [7, 11) is 0. The van der Waals surface area contributed by atoms with Gasteiger partial charge in [-0.25, -0.2) is 9.97 Å². The van der Waals surface area contributed by atoms with Gasteiger partial charge in [0.2, 0.25) is 0 Å².